The highest BCUT2D eigenvalue weighted by Gasteiger charge is 2.40. The van der Waals surface area contributed by atoms with Crippen molar-refractivity contribution in [1.29, 1.82) is 0 Å². The Hall–Kier alpha value is -1.35. The molecule has 0 aromatic heterocycles. The average molecular weight is 482 g/mol. The summed E-state index contributed by atoms with van der Waals surface area (Å²) in [6.07, 6.45) is 18.4. The molecule has 3 atom stereocenters. The topological polar surface area (TPSA) is 29.5 Å². The third kappa shape index (κ3) is 7.57. The quantitative estimate of drug-likeness (QED) is 0.335. The molecule has 1 aromatic carbocycles. The molecule has 0 amide bonds. The molecule has 3 nitrogen and oxygen atoms in total. The van der Waals surface area contributed by atoms with Crippen LogP contribution in [0, 0.1) is 31.6 Å². The first-order chi connectivity index (χ1) is 17.0. The van der Waals surface area contributed by atoms with Crippen LogP contribution in [0.2, 0.25) is 0 Å². The van der Waals surface area contributed by atoms with Crippen LogP contribution in [0.15, 0.2) is 18.2 Å². The monoisotopic (exact) mass is 481 g/mol. The molecule has 3 aliphatic rings. The van der Waals surface area contributed by atoms with Crippen molar-refractivity contribution in [2.45, 2.75) is 123 Å². The van der Waals surface area contributed by atoms with E-state index in [4.69, 9.17) is 4.74 Å². The summed E-state index contributed by atoms with van der Waals surface area (Å²) in [6.45, 7) is 9.42. The minimum atomic E-state index is -0.00126. The molecule has 3 aliphatic carbocycles. The summed E-state index contributed by atoms with van der Waals surface area (Å²) in [6, 6.07) is 7.69. The van der Waals surface area contributed by atoms with Crippen LogP contribution >= 0.6 is 0 Å². The zero-order valence-corrected chi connectivity index (χ0v) is 22.9. The van der Waals surface area contributed by atoms with Crippen LogP contribution in [0.4, 0.5) is 0 Å². The molecule has 1 aromatic rings. The zero-order chi connectivity index (χ0) is 24.6. The van der Waals surface area contributed by atoms with Crippen molar-refractivity contribution in [2.75, 3.05) is 19.7 Å². The summed E-state index contributed by atoms with van der Waals surface area (Å²) in [4.78, 5) is 15.7. The Kier molecular flexibility index (Phi) is 10.1. The van der Waals surface area contributed by atoms with Gasteiger partial charge in [0.2, 0.25) is 0 Å². The number of carbonyl (C=O) groups excluding carboxylic acids is 1. The van der Waals surface area contributed by atoms with Crippen LogP contribution < -0.4 is 0 Å². The Morgan fingerprint density at radius 2 is 1.37 bits per heavy atom. The van der Waals surface area contributed by atoms with Gasteiger partial charge in [0.15, 0.2) is 0 Å². The Morgan fingerprint density at radius 3 is 1.91 bits per heavy atom. The van der Waals surface area contributed by atoms with Crippen molar-refractivity contribution in [3.8, 4) is 0 Å². The number of hydrogen-bond acceptors (Lipinski definition) is 3. The van der Waals surface area contributed by atoms with Gasteiger partial charge in [-0.3, -0.25) is 9.69 Å². The molecular weight excluding hydrogens is 430 g/mol. The summed E-state index contributed by atoms with van der Waals surface area (Å²) < 4.78 is 5.46. The van der Waals surface area contributed by atoms with Crippen LogP contribution in [0.25, 0.3) is 0 Å². The number of aryl methyl sites for hydroxylation is 2. The van der Waals surface area contributed by atoms with Crippen LogP contribution in [0.3, 0.4) is 0 Å². The smallest absolute Gasteiger partial charge is 0.306 e. The SMILES string of the molecule is CCOC(=O)CC1CCCC(N(CC2CCCCC2)CC2CCCCC2)C1c1cc(C)cc(C)c1. The van der Waals surface area contributed by atoms with Gasteiger partial charge in [-0.2, -0.15) is 0 Å². The summed E-state index contributed by atoms with van der Waals surface area (Å²) >= 11 is 0. The molecule has 3 heteroatoms. The minimum Gasteiger partial charge on any atom is -0.466 e. The molecule has 0 N–H and O–H groups in total. The van der Waals surface area contributed by atoms with Crippen molar-refractivity contribution < 1.29 is 9.53 Å². The van der Waals surface area contributed by atoms with E-state index in [1.54, 1.807) is 0 Å². The van der Waals surface area contributed by atoms with Crippen molar-refractivity contribution in [2.24, 2.45) is 17.8 Å². The second-order valence-corrected chi connectivity index (χ2v) is 12.2. The van der Waals surface area contributed by atoms with Gasteiger partial charge in [-0.1, -0.05) is 74.3 Å². The van der Waals surface area contributed by atoms with Gasteiger partial charge in [0.1, 0.15) is 0 Å². The number of rotatable bonds is 9. The number of benzene rings is 1. The first-order valence-electron chi connectivity index (χ1n) is 15.0. The summed E-state index contributed by atoms with van der Waals surface area (Å²) in [5.41, 5.74) is 4.18. The predicted octanol–water partition coefficient (Wildman–Crippen LogP) is 7.97. The first kappa shape index (κ1) is 26.7. The van der Waals surface area contributed by atoms with E-state index in [1.807, 2.05) is 6.92 Å². The van der Waals surface area contributed by atoms with Crippen LogP contribution in [0.5, 0.6) is 0 Å². The molecule has 196 valence electrons. The number of ether oxygens (including phenoxy) is 1. The normalized spacial score (nSPS) is 26.7. The summed E-state index contributed by atoms with van der Waals surface area (Å²) in [5.74, 6) is 2.53. The van der Waals surface area contributed by atoms with Crippen LogP contribution in [-0.2, 0) is 9.53 Å². The van der Waals surface area contributed by atoms with Gasteiger partial charge in [0.05, 0.1) is 6.61 Å². The maximum absolute atomic E-state index is 12.7. The lowest BCUT2D eigenvalue weighted by atomic mass is 9.69. The van der Waals surface area contributed by atoms with E-state index in [0.717, 1.165) is 18.3 Å². The molecule has 0 aliphatic heterocycles. The molecular formula is C32H51NO2. The molecule has 0 bridgehead atoms. The summed E-state index contributed by atoms with van der Waals surface area (Å²) in [5, 5.41) is 0. The molecule has 3 unspecified atom stereocenters. The van der Waals surface area contributed by atoms with Gasteiger partial charge in [-0.25, -0.2) is 0 Å². The number of nitrogens with zero attached hydrogens (tertiary/aromatic N) is 1. The molecule has 0 radical (unpaired) electrons. The fourth-order valence-corrected chi connectivity index (χ4v) is 7.78. The molecule has 4 rings (SSSR count). The van der Waals surface area contributed by atoms with Gasteiger partial charge in [-0.05, 0) is 82.6 Å². The lowest BCUT2D eigenvalue weighted by Gasteiger charge is -2.47. The van der Waals surface area contributed by atoms with Gasteiger partial charge >= 0.3 is 5.97 Å². The van der Waals surface area contributed by atoms with Crippen molar-refractivity contribution in [3.05, 3.63) is 34.9 Å². The molecule has 0 spiro atoms. The number of hydrogen-bond donors (Lipinski definition) is 0. The van der Waals surface area contributed by atoms with E-state index in [-0.39, 0.29) is 5.97 Å². The summed E-state index contributed by atoms with van der Waals surface area (Å²) in [7, 11) is 0. The van der Waals surface area contributed by atoms with Crippen molar-refractivity contribution in [3.63, 3.8) is 0 Å². The zero-order valence-electron chi connectivity index (χ0n) is 22.9. The second-order valence-electron chi connectivity index (χ2n) is 12.2. The van der Waals surface area contributed by atoms with Crippen LogP contribution in [0.1, 0.15) is 119 Å². The highest BCUT2D eigenvalue weighted by Crippen LogP contribution is 2.44. The Labute approximate surface area is 215 Å². The lowest BCUT2D eigenvalue weighted by molar-refractivity contribution is -0.145. The highest BCUT2D eigenvalue weighted by molar-refractivity contribution is 5.69. The standard InChI is InChI=1S/C32H51NO2/c1-4-35-31(34)21-28-16-11-17-30(32(28)29-19-24(2)18-25(3)20-29)33(22-26-12-7-5-8-13-26)23-27-14-9-6-10-15-27/h18-20,26-28,30,32H,4-17,21-23H2,1-3H3. The third-order valence-electron chi connectivity index (χ3n) is 9.26. The Morgan fingerprint density at radius 1 is 0.800 bits per heavy atom. The van der Waals surface area contributed by atoms with Crippen molar-refractivity contribution >= 4 is 5.97 Å². The van der Waals surface area contributed by atoms with E-state index in [9.17, 15) is 4.79 Å². The molecule has 0 heterocycles. The molecule has 0 saturated heterocycles. The average Bonchev–Trinajstić information content (AvgIpc) is 2.84. The van der Waals surface area contributed by atoms with E-state index < -0.39 is 0 Å². The lowest BCUT2D eigenvalue weighted by Crippen LogP contribution is -2.49. The van der Waals surface area contributed by atoms with E-state index in [0.29, 0.717) is 30.9 Å². The molecule has 3 fully saturated rings. The number of carbonyl (C=O) groups is 1. The maximum atomic E-state index is 12.7. The fraction of sp³-hybridized carbons (Fsp3) is 0.781. The maximum Gasteiger partial charge on any atom is 0.306 e. The molecule has 3 saturated carbocycles. The van der Waals surface area contributed by atoms with Gasteiger partial charge in [-0.15, -0.1) is 0 Å². The Balaban J connectivity index is 1.64. The van der Waals surface area contributed by atoms with Gasteiger partial charge in [0, 0.05) is 31.5 Å². The predicted molar refractivity (Wildman–Crippen MR) is 146 cm³/mol. The highest BCUT2D eigenvalue weighted by atomic mass is 16.5. The fourth-order valence-electron chi connectivity index (χ4n) is 7.78. The Bertz CT molecular complexity index is 753. The molecule has 35 heavy (non-hydrogen) atoms. The van der Waals surface area contributed by atoms with E-state index >= 15 is 0 Å². The second kappa shape index (κ2) is 13.3. The first-order valence-corrected chi connectivity index (χ1v) is 15.0. The minimum absolute atomic E-state index is 0.00126. The van der Waals surface area contributed by atoms with E-state index in [1.165, 1.54) is 107 Å². The van der Waals surface area contributed by atoms with Crippen molar-refractivity contribution in [1.82, 2.24) is 4.90 Å². The number of esters is 1. The largest absolute Gasteiger partial charge is 0.466 e. The van der Waals surface area contributed by atoms with Crippen LogP contribution in [-0.4, -0.2) is 36.6 Å². The van der Waals surface area contributed by atoms with E-state index in [2.05, 4.69) is 36.9 Å². The van der Waals surface area contributed by atoms with Gasteiger partial charge in [0.25, 0.3) is 0 Å². The van der Waals surface area contributed by atoms with Gasteiger partial charge < -0.3 is 4.74 Å². The third-order valence-corrected chi connectivity index (χ3v) is 9.26.